The topological polar surface area (TPSA) is 43.6 Å². The van der Waals surface area contributed by atoms with Crippen molar-refractivity contribution in [3.63, 3.8) is 0 Å². The second kappa shape index (κ2) is 22.8. The number of hydrogen-bond donors (Lipinski definition) is 0. The van der Waals surface area contributed by atoms with Gasteiger partial charge in [-0.15, -0.1) is 0 Å². The van der Waals surface area contributed by atoms with E-state index in [1.54, 1.807) is 0 Å². The zero-order valence-electron chi connectivity index (χ0n) is 47.2. The Morgan fingerprint density at radius 3 is 0.756 bits per heavy atom. The third-order valence-electron chi connectivity index (χ3n) is 16.6. The predicted molar refractivity (Wildman–Crippen MR) is 358 cm³/mol. The summed E-state index contributed by atoms with van der Waals surface area (Å²) in [5.74, 6) is 1.81. The van der Waals surface area contributed by atoms with Crippen LogP contribution >= 0.6 is 0 Å². The maximum absolute atomic E-state index is 5.39. The van der Waals surface area contributed by atoms with Gasteiger partial charge >= 0.3 is 0 Å². The molecule has 0 spiro atoms. The lowest BCUT2D eigenvalue weighted by atomic mass is 9.88. The molecule has 0 aliphatic rings. The molecular formula is C82H56N4. The van der Waals surface area contributed by atoms with E-state index in [4.69, 9.17) is 15.0 Å². The van der Waals surface area contributed by atoms with Gasteiger partial charge in [-0.1, -0.05) is 291 Å². The van der Waals surface area contributed by atoms with E-state index in [1.165, 1.54) is 21.9 Å². The Morgan fingerprint density at radius 2 is 0.430 bits per heavy atom. The average Bonchev–Trinajstić information content (AvgIpc) is 2.10. The SMILES string of the molecule is c1ccc(-c2ccc(-c3cc(-c4nc(-c5ccccc5)nc(-c5ccccc5)n4)cc(-c4ccc(-c5ccccc5)cc4)c3Cn3c4cc(-c5ccccc5)cc(-c5ccccc5)c4c4c(-c5ccccc5)cc(-c5ccccc5)cc43)cc2)cc1. The zero-order chi connectivity index (χ0) is 57.2. The van der Waals surface area contributed by atoms with E-state index >= 15 is 0 Å². The highest BCUT2D eigenvalue weighted by molar-refractivity contribution is 6.22. The smallest absolute Gasteiger partial charge is 0.164 e. The van der Waals surface area contributed by atoms with Crippen LogP contribution in [0.5, 0.6) is 0 Å². The number of rotatable bonds is 13. The van der Waals surface area contributed by atoms with Crippen LogP contribution in [-0.4, -0.2) is 19.5 Å². The minimum atomic E-state index is 0.506. The molecule has 0 aliphatic carbocycles. The molecule has 0 bridgehead atoms. The largest absolute Gasteiger partial charge is 0.336 e. The van der Waals surface area contributed by atoms with Gasteiger partial charge in [0, 0.05) is 34.0 Å². The maximum Gasteiger partial charge on any atom is 0.164 e. The van der Waals surface area contributed by atoms with Crippen LogP contribution < -0.4 is 0 Å². The molecule has 0 fully saturated rings. The van der Waals surface area contributed by atoms with E-state index in [1.807, 2.05) is 36.4 Å². The Morgan fingerprint density at radius 1 is 0.198 bits per heavy atom. The van der Waals surface area contributed by atoms with Crippen molar-refractivity contribution in [1.29, 1.82) is 0 Å². The van der Waals surface area contributed by atoms with Crippen LogP contribution in [0, 0.1) is 0 Å². The van der Waals surface area contributed by atoms with E-state index in [9.17, 15) is 0 Å². The molecule has 0 atom stereocenters. The van der Waals surface area contributed by atoms with Crippen molar-refractivity contribution in [2.45, 2.75) is 6.54 Å². The molecule has 13 aromatic carbocycles. The summed E-state index contributed by atoms with van der Waals surface area (Å²) in [4.78, 5) is 15.9. The Bertz CT molecular complexity index is 4560. The minimum Gasteiger partial charge on any atom is -0.336 e. The predicted octanol–water partition coefficient (Wildman–Crippen LogP) is 21.4. The molecular weight excluding hydrogens is 1040 g/mol. The van der Waals surface area contributed by atoms with Crippen molar-refractivity contribution < 1.29 is 0 Å². The van der Waals surface area contributed by atoms with Crippen LogP contribution in [0.3, 0.4) is 0 Å². The summed E-state index contributed by atoms with van der Waals surface area (Å²) in [6.45, 7) is 0.506. The molecule has 0 aliphatic heterocycles. The monoisotopic (exact) mass is 1100 g/mol. The summed E-state index contributed by atoms with van der Waals surface area (Å²) in [7, 11) is 0. The highest BCUT2D eigenvalue weighted by atomic mass is 15.0. The van der Waals surface area contributed by atoms with E-state index in [2.05, 4.69) is 296 Å². The first-order valence-electron chi connectivity index (χ1n) is 29.4. The molecule has 0 unspecified atom stereocenters. The van der Waals surface area contributed by atoms with Crippen molar-refractivity contribution in [3.8, 4) is 123 Å². The van der Waals surface area contributed by atoms with Crippen molar-refractivity contribution in [3.05, 3.63) is 333 Å². The lowest BCUT2D eigenvalue weighted by Gasteiger charge is -2.21. The molecule has 0 amide bonds. The molecule has 0 radical (unpaired) electrons. The summed E-state index contributed by atoms with van der Waals surface area (Å²) in [6.07, 6.45) is 0. The summed E-state index contributed by atoms with van der Waals surface area (Å²) >= 11 is 0. The van der Waals surface area contributed by atoms with Crippen LogP contribution in [0.1, 0.15) is 5.56 Å². The molecule has 0 saturated carbocycles. The molecule has 4 nitrogen and oxygen atoms in total. The summed E-state index contributed by atoms with van der Waals surface area (Å²) in [6, 6.07) is 118. The van der Waals surface area contributed by atoms with Crippen LogP contribution in [0.15, 0.2) is 328 Å². The number of benzene rings is 13. The molecule has 404 valence electrons. The van der Waals surface area contributed by atoms with Gasteiger partial charge in [-0.3, -0.25) is 0 Å². The minimum absolute atomic E-state index is 0.506. The number of fused-ring (bicyclic) bond motifs is 3. The quantitative estimate of drug-likeness (QED) is 0.116. The van der Waals surface area contributed by atoms with Gasteiger partial charge in [0.05, 0.1) is 11.0 Å². The van der Waals surface area contributed by atoms with E-state index < -0.39 is 0 Å². The van der Waals surface area contributed by atoms with Crippen molar-refractivity contribution in [1.82, 2.24) is 19.5 Å². The molecule has 2 aromatic heterocycles. The molecule has 0 N–H and O–H groups in total. The lowest BCUT2D eigenvalue weighted by molar-refractivity contribution is 0.872. The molecule has 15 rings (SSSR count). The Hall–Kier alpha value is -11.3. The first kappa shape index (κ1) is 51.5. The Balaban J connectivity index is 1.07. The molecule has 2 heterocycles. The van der Waals surface area contributed by atoms with Crippen LogP contribution in [0.25, 0.3) is 145 Å². The summed E-state index contributed by atoms with van der Waals surface area (Å²) in [5.41, 5.74) is 24.3. The van der Waals surface area contributed by atoms with Crippen molar-refractivity contribution >= 4 is 21.8 Å². The maximum atomic E-state index is 5.39. The second-order valence-corrected chi connectivity index (χ2v) is 21.9. The van der Waals surface area contributed by atoms with Gasteiger partial charge < -0.3 is 4.57 Å². The number of nitrogens with zero attached hydrogens (tertiary/aromatic N) is 4. The number of aromatic nitrogens is 4. The summed E-state index contributed by atoms with van der Waals surface area (Å²) in [5, 5.41) is 2.41. The van der Waals surface area contributed by atoms with Gasteiger partial charge in [-0.25, -0.2) is 15.0 Å². The Labute approximate surface area is 501 Å². The second-order valence-electron chi connectivity index (χ2n) is 21.9. The highest BCUT2D eigenvalue weighted by Crippen LogP contribution is 2.48. The highest BCUT2D eigenvalue weighted by Gasteiger charge is 2.26. The van der Waals surface area contributed by atoms with Gasteiger partial charge in [0.25, 0.3) is 0 Å². The van der Waals surface area contributed by atoms with Gasteiger partial charge in [0.2, 0.25) is 0 Å². The van der Waals surface area contributed by atoms with Gasteiger partial charge in [-0.05, 0) is 131 Å². The van der Waals surface area contributed by atoms with Crippen molar-refractivity contribution in [2.24, 2.45) is 0 Å². The third kappa shape index (κ3) is 10.1. The number of hydrogen-bond acceptors (Lipinski definition) is 3. The van der Waals surface area contributed by atoms with Gasteiger partial charge in [0.15, 0.2) is 17.5 Å². The fourth-order valence-corrected chi connectivity index (χ4v) is 12.3. The van der Waals surface area contributed by atoms with Gasteiger partial charge in [-0.2, -0.15) is 0 Å². The van der Waals surface area contributed by atoms with E-state index in [0.29, 0.717) is 24.0 Å². The standard InChI is InChI=1S/C82H56N4/c1-9-25-56(26-10-1)60-41-45-64(46-42-60)71-51-70(82-84-80(66-37-21-7-22-38-66)83-81(85-82)67-39-23-8-24-40-67)52-72(65-47-43-61(44-48-65)57-27-11-2-12-28-57)75(71)55-86-76-53-68(58-29-13-3-14-30-58)49-73(62-33-17-5-18-34-62)78(76)79-74(63-35-19-6-20-36-63)50-69(54-77(79)86)59-31-15-4-16-32-59/h1-54H,55H2. The molecule has 15 aromatic rings. The lowest BCUT2D eigenvalue weighted by Crippen LogP contribution is -2.06. The first-order valence-corrected chi connectivity index (χ1v) is 29.4. The fourth-order valence-electron chi connectivity index (χ4n) is 12.3. The van der Waals surface area contributed by atoms with E-state index in [-0.39, 0.29) is 0 Å². The van der Waals surface area contributed by atoms with Crippen LogP contribution in [0.2, 0.25) is 0 Å². The summed E-state index contributed by atoms with van der Waals surface area (Å²) < 4.78 is 2.62. The molecule has 0 saturated heterocycles. The van der Waals surface area contributed by atoms with Crippen molar-refractivity contribution in [2.75, 3.05) is 0 Å². The molecule has 4 heteroatoms. The first-order chi connectivity index (χ1) is 42.6. The van der Waals surface area contributed by atoms with E-state index in [0.717, 1.165) is 111 Å². The third-order valence-corrected chi connectivity index (χ3v) is 16.6. The average molecular weight is 1100 g/mol. The normalized spacial score (nSPS) is 11.3. The zero-order valence-corrected chi connectivity index (χ0v) is 47.2. The molecule has 86 heavy (non-hydrogen) atoms. The van der Waals surface area contributed by atoms with Crippen LogP contribution in [0.4, 0.5) is 0 Å². The van der Waals surface area contributed by atoms with Crippen LogP contribution in [-0.2, 0) is 6.54 Å². The Kier molecular flexibility index (Phi) is 13.7. The fraction of sp³-hybridized carbons (Fsp3) is 0.0122. The van der Waals surface area contributed by atoms with Gasteiger partial charge in [0.1, 0.15) is 0 Å².